The molecule has 1 aromatic heterocycles. The van der Waals surface area contributed by atoms with Gasteiger partial charge in [0.15, 0.2) is 0 Å². The number of anilines is 1. The molecule has 6 nitrogen and oxygen atoms in total. The summed E-state index contributed by atoms with van der Waals surface area (Å²) >= 11 is 0. The summed E-state index contributed by atoms with van der Waals surface area (Å²) in [6.45, 7) is 1.10. The molecular weight excluding hydrogens is 362 g/mol. The molecule has 0 unspecified atom stereocenters. The van der Waals surface area contributed by atoms with Crippen molar-refractivity contribution >= 4 is 32.5 Å². The molecule has 1 aliphatic rings. The van der Waals surface area contributed by atoms with E-state index in [2.05, 4.69) is 10.3 Å². The van der Waals surface area contributed by atoms with Crippen LogP contribution in [0.4, 0.5) is 5.69 Å². The number of amides is 1. The van der Waals surface area contributed by atoms with Gasteiger partial charge in [-0.3, -0.25) is 4.79 Å². The van der Waals surface area contributed by atoms with Crippen LogP contribution in [0.15, 0.2) is 59.5 Å². The lowest BCUT2D eigenvalue weighted by Crippen LogP contribution is -2.35. The van der Waals surface area contributed by atoms with Gasteiger partial charge in [0, 0.05) is 29.7 Å². The molecule has 0 bridgehead atoms. The number of nitrogens with one attached hydrogen (secondary N) is 2. The second-order valence-corrected chi connectivity index (χ2v) is 8.65. The number of sulfonamides is 1. The van der Waals surface area contributed by atoms with Crippen LogP contribution in [0.1, 0.15) is 29.8 Å². The minimum atomic E-state index is -3.53. The Balaban J connectivity index is 1.56. The number of carbonyl (C=O) groups is 1. The Kier molecular flexibility index (Phi) is 4.72. The van der Waals surface area contributed by atoms with Crippen LogP contribution >= 0.6 is 0 Å². The maximum absolute atomic E-state index is 12.8. The Morgan fingerprint density at radius 1 is 0.963 bits per heavy atom. The number of piperidine rings is 1. The number of rotatable bonds is 4. The van der Waals surface area contributed by atoms with Gasteiger partial charge in [0.05, 0.1) is 4.90 Å². The molecule has 0 saturated carbocycles. The molecule has 1 aliphatic heterocycles. The average Bonchev–Trinajstić information content (AvgIpc) is 3.13. The number of carbonyl (C=O) groups excluding carboxylic acids is 1. The van der Waals surface area contributed by atoms with Crippen molar-refractivity contribution in [3.8, 4) is 0 Å². The van der Waals surface area contributed by atoms with Gasteiger partial charge in [-0.2, -0.15) is 4.31 Å². The lowest BCUT2D eigenvalue weighted by molar-refractivity contribution is 0.102. The van der Waals surface area contributed by atoms with Gasteiger partial charge in [0.1, 0.15) is 5.69 Å². The fourth-order valence-corrected chi connectivity index (χ4v) is 4.95. The Morgan fingerprint density at radius 2 is 1.74 bits per heavy atom. The second kappa shape index (κ2) is 7.17. The summed E-state index contributed by atoms with van der Waals surface area (Å²) in [5.41, 5.74) is 1.77. The summed E-state index contributed by atoms with van der Waals surface area (Å²) in [4.78, 5) is 15.8. The van der Waals surface area contributed by atoms with E-state index in [1.54, 1.807) is 24.3 Å². The van der Waals surface area contributed by atoms with Crippen LogP contribution in [0.3, 0.4) is 0 Å². The highest BCUT2D eigenvalue weighted by Crippen LogP contribution is 2.23. The number of benzene rings is 2. The highest BCUT2D eigenvalue weighted by atomic mass is 32.2. The van der Waals surface area contributed by atoms with E-state index >= 15 is 0 Å². The molecule has 0 aliphatic carbocycles. The van der Waals surface area contributed by atoms with Gasteiger partial charge >= 0.3 is 0 Å². The van der Waals surface area contributed by atoms with Crippen LogP contribution in [-0.2, 0) is 10.0 Å². The number of aromatic nitrogens is 1. The van der Waals surface area contributed by atoms with Crippen LogP contribution in [-0.4, -0.2) is 36.7 Å². The summed E-state index contributed by atoms with van der Waals surface area (Å²) in [5.74, 6) is -0.307. The second-order valence-electron chi connectivity index (χ2n) is 6.72. The zero-order valence-electron chi connectivity index (χ0n) is 14.8. The number of H-pyrrole nitrogens is 1. The number of aromatic amines is 1. The number of para-hydroxylation sites is 1. The smallest absolute Gasteiger partial charge is 0.272 e. The number of fused-ring (bicyclic) bond motifs is 1. The molecule has 2 heterocycles. The van der Waals surface area contributed by atoms with Gasteiger partial charge < -0.3 is 10.3 Å². The molecule has 4 rings (SSSR count). The van der Waals surface area contributed by atoms with Crippen LogP contribution in [0.25, 0.3) is 10.9 Å². The van der Waals surface area contributed by atoms with Crippen molar-refractivity contribution in [3.05, 3.63) is 60.3 Å². The standard InChI is InChI=1S/C20H21N3O3S/c24-20(19-13-15-7-2-3-10-18(15)22-19)21-16-8-6-9-17(14-16)27(25,26)23-11-4-1-5-12-23/h2-3,6-10,13-14,22H,1,4-5,11-12H2,(H,21,24). The summed E-state index contributed by atoms with van der Waals surface area (Å²) in [6.07, 6.45) is 2.83. The zero-order valence-corrected chi connectivity index (χ0v) is 15.6. The minimum Gasteiger partial charge on any atom is -0.351 e. The van der Waals surface area contributed by atoms with E-state index in [1.807, 2.05) is 24.3 Å². The molecule has 3 aromatic rings. The van der Waals surface area contributed by atoms with Crippen LogP contribution in [0.5, 0.6) is 0 Å². The predicted molar refractivity (Wildman–Crippen MR) is 105 cm³/mol. The Bertz CT molecular complexity index is 1050. The van der Waals surface area contributed by atoms with Gasteiger partial charge in [-0.1, -0.05) is 30.7 Å². The van der Waals surface area contributed by atoms with Crippen molar-refractivity contribution < 1.29 is 13.2 Å². The summed E-state index contributed by atoms with van der Waals surface area (Å²) < 4.78 is 27.2. The van der Waals surface area contributed by atoms with Gasteiger partial charge in [0.25, 0.3) is 5.91 Å². The lowest BCUT2D eigenvalue weighted by atomic mass is 10.2. The van der Waals surface area contributed by atoms with Gasteiger partial charge in [0.2, 0.25) is 10.0 Å². The highest BCUT2D eigenvalue weighted by molar-refractivity contribution is 7.89. The molecule has 7 heteroatoms. The van der Waals surface area contributed by atoms with Gasteiger partial charge in [-0.15, -0.1) is 0 Å². The molecule has 0 spiro atoms. The van der Waals surface area contributed by atoms with E-state index in [1.165, 1.54) is 10.4 Å². The van der Waals surface area contributed by atoms with E-state index in [0.717, 1.165) is 30.2 Å². The topological polar surface area (TPSA) is 82.3 Å². The quantitative estimate of drug-likeness (QED) is 0.722. The maximum atomic E-state index is 12.8. The lowest BCUT2D eigenvalue weighted by Gasteiger charge is -2.26. The Morgan fingerprint density at radius 3 is 2.52 bits per heavy atom. The third kappa shape index (κ3) is 3.61. The molecule has 2 aromatic carbocycles. The molecular formula is C20H21N3O3S. The molecule has 27 heavy (non-hydrogen) atoms. The zero-order chi connectivity index (χ0) is 18.9. The summed E-state index contributed by atoms with van der Waals surface area (Å²) in [5, 5.41) is 3.73. The first-order chi connectivity index (χ1) is 13.0. The molecule has 1 fully saturated rings. The largest absolute Gasteiger partial charge is 0.351 e. The third-order valence-corrected chi connectivity index (χ3v) is 6.71. The van der Waals surface area contributed by atoms with Gasteiger partial charge in [-0.25, -0.2) is 8.42 Å². The first kappa shape index (κ1) is 17.8. The Labute approximate surface area is 158 Å². The fraction of sp³-hybridized carbons (Fsp3) is 0.250. The van der Waals surface area contributed by atoms with Crippen LogP contribution < -0.4 is 5.32 Å². The van der Waals surface area contributed by atoms with Crippen LogP contribution in [0, 0.1) is 0 Å². The number of hydrogen-bond donors (Lipinski definition) is 2. The Hall–Kier alpha value is -2.64. The summed E-state index contributed by atoms with van der Waals surface area (Å²) in [7, 11) is -3.53. The van der Waals surface area contributed by atoms with Crippen molar-refractivity contribution in [2.45, 2.75) is 24.2 Å². The number of nitrogens with zero attached hydrogens (tertiary/aromatic N) is 1. The van der Waals surface area contributed by atoms with Crippen molar-refractivity contribution in [2.24, 2.45) is 0 Å². The fourth-order valence-electron chi connectivity index (χ4n) is 3.38. The first-order valence-electron chi connectivity index (χ1n) is 9.03. The van der Waals surface area contributed by atoms with Crippen molar-refractivity contribution in [3.63, 3.8) is 0 Å². The van der Waals surface area contributed by atoms with Crippen molar-refractivity contribution in [1.82, 2.24) is 9.29 Å². The van der Waals surface area contributed by atoms with Crippen molar-refractivity contribution in [1.29, 1.82) is 0 Å². The molecule has 140 valence electrons. The number of hydrogen-bond acceptors (Lipinski definition) is 3. The first-order valence-corrected chi connectivity index (χ1v) is 10.5. The van der Waals surface area contributed by atoms with Crippen molar-refractivity contribution in [2.75, 3.05) is 18.4 Å². The van der Waals surface area contributed by atoms with Gasteiger partial charge in [-0.05, 0) is 43.2 Å². The van der Waals surface area contributed by atoms with E-state index < -0.39 is 10.0 Å². The normalized spacial score (nSPS) is 15.7. The van der Waals surface area contributed by atoms with E-state index in [9.17, 15) is 13.2 Å². The molecule has 0 radical (unpaired) electrons. The van der Waals surface area contributed by atoms with E-state index in [4.69, 9.17) is 0 Å². The van der Waals surface area contributed by atoms with Crippen LogP contribution in [0.2, 0.25) is 0 Å². The average molecular weight is 383 g/mol. The molecule has 0 atom stereocenters. The summed E-state index contributed by atoms with van der Waals surface area (Å²) in [6, 6.07) is 15.8. The maximum Gasteiger partial charge on any atom is 0.272 e. The molecule has 1 saturated heterocycles. The monoisotopic (exact) mass is 383 g/mol. The molecule has 2 N–H and O–H groups in total. The van der Waals surface area contributed by atoms with E-state index in [0.29, 0.717) is 24.5 Å². The van der Waals surface area contributed by atoms with E-state index in [-0.39, 0.29) is 10.8 Å². The molecule has 1 amide bonds. The SMILES string of the molecule is O=C(Nc1cccc(S(=O)(=O)N2CCCCC2)c1)c1cc2ccccc2[nH]1. The minimum absolute atomic E-state index is 0.207. The third-order valence-electron chi connectivity index (χ3n) is 4.82. The predicted octanol–water partition coefficient (Wildman–Crippen LogP) is 3.59. The highest BCUT2D eigenvalue weighted by Gasteiger charge is 2.26.